The molecule has 1 unspecified atom stereocenters. The maximum absolute atomic E-state index is 12.5. The van der Waals surface area contributed by atoms with E-state index in [-0.39, 0.29) is 16.7 Å². The molecule has 0 aliphatic carbocycles. The summed E-state index contributed by atoms with van der Waals surface area (Å²) in [4.78, 5) is 17.5. The normalized spacial score (nSPS) is 19.1. The lowest BCUT2D eigenvalue weighted by molar-refractivity contribution is -0.141. The van der Waals surface area contributed by atoms with Crippen molar-refractivity contribution in [3.05, 3.63) is 53.7 Å². The number of hydrogen-bond donors (Lipinski definition) is 0. The molecule has 24 heavy (non-hydrogen) atoms. The highest BCUT2D eigenvalue weighted by molar-refractivity contribution is 7.99. The van der Waals surface area contributed by atoms with Gasteiger partial charge < -0.3 is 9.32 Å². The van der Waals surface area contributed by atoms with Gasteiger partial charge in [-0.15, -0.1) is 11.8 Å². The number of rotatable bonds is 2. The summed E-state index contributed by atoms with van der Waals surface area (Å²) < 4.78 is 43.0. The van der Waals surface area contributed by atoms with Crippen LogP contribution in [0.4, 0.5) is 13.2 Å². The maximum Gasteiger partial charge on any atom is 0.433 e. The Bertz CT molecular complexity index is 686. The fourth-order valence-corrected chi connectivity index (χ4v) is 3.73. The lowest BCUT2D eigenvalue weighted by Crippen LogP contribution is -2.33. The van der Waals surface area contributed by atoms with Crippen LogP contribution in [0.3, 0.4) is 0 Å². The van der Waals surface area contributed by atoms with E-state index in [1.165, 1.54) is 6.07 Å². The Balaban J connectivity index is 1.67. The predicted octanol–water partition coefficient (Wildman–Crippen LogP) is 4.01. The fraction of sp³-hybridized carbons (Fsp3) is 0.375. The molecule has 1 fully saturated rings. The number of aromatic nitrogens is 1. The first kappa shape index (κ1) is 16.9. The van der Waals surface area contributed by atoms with E-state index in [9.17, 15) is 18.0 Å². The van der Waals surface area contributed by atoms with Crippen molar-refractivity contribution in [2.24, 2.45) is 0 Å². The zero-order valence-electron chi connectivity index (χ0n) is 12.6. The summed E-state index contributed by atoms with van der Waals surface area (Å²) in [6, 6.07) is 5.76. The molecule has 1 aliphatic heterocycles. The SMILES string of the molecule is O=C(c1ccc(C(F)(F)F)nc1)N1CCSC(c2ccco2)CC1. The van der Waals surface area contributed by atoms with Crippen molar-refractivity contribution in [3.63, 3.8) is 0 Å². The molecule has 0 bridgehead atoms. The van der Waals surface area contributed by atoms with E-state index in [2.05, 4.69) is 4.98 Å². The number of carbonyl (C=O) groups is 1. The first-order chi connectivity index (χ1) is 11.4. The van der Waals surface area contributed by atoms with Crippen LogP contribution in [-0.4, -0.2) is 34.6 Å². The Morgan fingerprint density at radius 3 is 2.75 bits per heavy atom. The minimum absolute atomic E-state index is 0.171. The second-order valence-corrected chi connectivity index (χ2v) is 6.70. The van der Waals surface area contributed by atoms with Gasteiger partial charge in [-0.05, 0) is 30.7 Å². The van der Waals surface area contributed by atoms with E-state index in [0.29, 0.717) is 13.1 Å². The number of pyridine rings is 1. The summed E-state index contributed by atoms with van der Waals surface area (Å²) >= 11 is 1.71. The number of halogens is 3. The van der Waals surface area contributed by atoms with Crippen molar-refractivity contribution >= 4 is 17.7 Å². The minimum Gasteiger partial charge on any atom is -0.468 e. The van der Waals surface area contributed by atoms with Crippen LogP contribution < -0.4 is 0 Å². The van der Waals surface area contributed by atoms with Gasteiger partial charge in [0.2, 0.25) is 0 Å². The van der Waals surface area contributed by atoms with E-state index < -0.39 is 11.9 Å². The highest BCUT2D eigenvalue weighted by Gasteiger charge is 2.32. The average molecular weight is 356 g/mol. The van der Waals surface area contributed by atoms with Gasteiger partial charge >= 0.3 is 6.18 Å². The van der Waals surface area contributed by atoms with E-state index >= 15 is 0 Å². The second kappa shape index (κ2) is 6.88. The number of carbonyl (C=O) groups excluding carboxylic acids is 1. The van der Waals surface area contributed by atoms with Crippen LogP contribution in [0.2, 0.25) is 0 Å². The van der Waals surface area contributed by atoms with Crippen LogP contribution in [0, 0.1) is 0 Å². The Morgan fingerprint density at radius 2 is 2.12 bits per heavy atom. The maximum atomic E-state index is 12.5. The van der Waals surface area contributed by atoms with Crippen LogP contribution in [0.5, 0.6) is 0 Å². The summed E-state index contributed by atoms with van der Waals surface area (Å²) in [6.07, 6.45) is -1.15. The smallest absolute Gasteiger partial charge is 0.433 e. The van der Waals surface area contributed by atoms with Crippen LogP contribution in [0.15, 0.2) is 41.1 Å². The summed E-state index contributed by atoms with van der Waals surface area (Å²) in [7, 11) is 0. The largest absolute Gasteiger partial charge is 0.468 e. The van der Waals surface area contributed by atoms with Gasteiger partial charge in [-0.1, -0.05) is 0 Å². The molecule has 2 aromatic rings. The third-order valence-corrected chi connectivity index (χ3v) is 5.08. The Hall–Kier alpha value is -1.96. The number of amides is 1. The minimum atomic E-state index is -4.50. The summed E-state index contributed by atoms with van der Waals surface area (Å²) in [5.41, 5.74) is -0.826. The third-order valence-electron chi connectivity index (χ3n) is 3.79. The van der Waals surface area contributed by atoms with E-state index in [1.807, 2.05) is 12.1 Å². The molecule has 0 spiro atoms. The fourth-order valence-electron chi connectivity index (χ4n) is 2.55. The lowest BCUT2D eigenvalue weighted by atomic mass is 10.2. The second-order valence-electron chi connectivity index (χ2n) is 5.39. The summed E-state index contributed by atoms with van der Waals surface area (Å²) in [6.45, 7) is 1.07. The Kier molecular flexibility index (Phi) is 4.84. The molecule has 128 valence electrons. The van der Waals surface area contributed by atoms with Gasteiger partial charge in [0, 0.05) is 25.0 Å². The molecule has 0 aromatic carbocycles. The van der Waals surface area contributed by atoms with Crippen LogP contribution in [-0.2, 0) is 6.18 Å². The zero-order chi connectivity index (χ0) is 17.2. The number of hydrogen-bond acceptors (Lipinski definition) is 4. The van der Waals surface area contributed by atoms with Crippen LogP contribution in [0.25, 0.3) is 0 Å². The molecular weight excluding hydrogens is 341 g/mol. The standard InChI is InChI=1S/C16H15F3N2O2S/c17-16(18,19)14-4-3-11(10-20-14)15(22)21-6-5-13(24-9-7-21)12-2-1-8-23-12/h1-4,8,10,13H,5-7,9H2. The third kappa shape index (κ3) is 3.75. The molecule has 1 amide bonds. The lowest BCUT2D eigenvalue weighted by Gasteiger charge is -2.20. The molecule has 1 atom stereocenters. The summed E-state index contributed by atoms with van der Waals surface area (Å²) in [5.74, 6) is 1.33. The van der Waals surface area contributed by atoms with Gasteiger partial charge in [0.25, 0.3) is 5.91 Å². The number of thioether (sulfide) groups is 1. The Morgan fingerprint density at radius 1 is 1.29 bits per heavy atom. The quantitative estimate of drug-likeness (QED) is 0.816. The van der Waals surface area contributed by atoms with Crippen molar-refractivity contribution < 1.29 is 22.4 Å². The van der Waals surface area contributed by atoms with E-state index in [4.69, 9.17) is 4.42 Å². The molecular formula is C16H15F3N2O2S. The molecule has 3 rings (SSSR count). The van der Waals surface area contributed by atoms with Gasteiger partial charge in [0.15, 0.2) is 0 Å². The first-order valence-corrected chi connectivity index (χ1v) is 8.47. The monoisotopic (exact) mass is 356 g/mol. The number of alkyl halides is 3. The van der Waals surface area contributed by atoms with Crippen molar-refractivity contribution in [2.75, 3.05) is 18.8 Å². The average Bonchev–Trinajstić information content (AvgIpc) is 2.98. The number of nitrogens with zero attached hydrogens (tertiary/aromatic N) is 2. The topological polar surface area (TPSA) is 46.3 Å². The molecule has 1 saturated heterocycles. The van der Waals surface area contributed by atoms with Crippen molar-refractivity contribution in [1.29, 1.82) is 0 Å². The van der Waals surface area contributed by atoms with Crippen molar-refractivity contribution in [2.45, 2.75) is 17.8 Å². The van der Waals surface area contributed by atoms with Crippen molar-refractivity contribution in [3.8, 4) is 0 Å². The molecule has 3 heterocycles. The van der Waals surface area contributed by atoms with Gasteiger partial charge in [0.05, 0.1) is 17.1 Å². The van der Waals surface area contributed by atoms with E-state index in [1.54, 1.807) is 22.9 Å². The van der Waals surface area contributed by atoms with E-state index in [0.717, 1.165) is 30.2 Å². The zero-order valence-corrected chi connectivity index (χ0v) is 13.4. The molecule has 4 nitrogen and oxygen atoms in total. The Labute approximate surface area is 141 Å². The van der Waals surface area contributed by atoms with Crippen molar-refractivity contribution in [1.82, 2.24) is 9.88 Å². The molecule has 0 radical (unpaired) electrons. The van der Waals surface area contributed by atoms with Gasteiger partial charge in [-0.3, -0.25) is 9.78 Å². The highest BCUT2D eigenvalue weighted by Crippen LogP contribution is 2.34. The highest BCUT2D eigenvalue weighted by atomic mass is 32.2. The molecule has 2 aromatic heterocycles. The van der Waals surface area contributed by atoms with Gasteiger partial charge in [-0.2, -0.15) is 13.2 Å². The molecule has 0 saturated carbocycles. The summed E-state index contributed by atoms with van der Waals surface area (Å²) in [5, 5.41) is 0.184. The molecule has 8 heteroatoms. The van der Waals surface area contributed by atoms with Crippen LogP contribution in [0.1, 0.15) is 33.5 Å². The molecule has 0 N–H and O–H groups in total. The first-order valence-electron chi connectivity index (χ1n) is 7.42. The van der Waals surface area contributed by atoms with Gasteiger partial charge in [-0.25, -0.2) is 0 Å². The van der Waals surface area contributed by atoms with Crippen LogP contribution >= 0.6 is 11.8 Å². The number of furan rings is 1. The molecule has 1 aliphatic rings. The van der Waals surface area contributed by atoms with Gasteiger partial charge in [0.1, 0.15) is 11.5 Å². The predicted molar refractivity (Wildman–Crippen MR) is 83.7 cm³/mol.